The number of methoxy groups -OCH3 is 1. The normalized spacial score (nSPS) is 26.8. The average molecular weight is 247 g/mol. The Hall–Kier alpha value is -1.35. The third-order valence-electron chi connectivity index (χ3n) is 3.75. The highest BCUT2D eigenvalue weighted by Crippen LogP contribution is 2.50. The zero-order chi connectivity index (χ0) is 13.6. The van der Waals surface area contributed by atoms with E-state index in [-0.39, 0.29) is 17.3 Å². The minimum Gasteiger partial charge on any atom is -0.468 e. The van der Waals surface area contributed by atoms with Crippen molar-refractivity contribution in [3.05, 3.63) is 35.4 Å². The molecule has 0 radical (unpaired) electrons. The maximum absolute atomic E-state index is 11.6. The molecule has 1 aliphatic carbocycles. The van der Waals surface area contributed by atoms with Gasteiger partial charge in [-0.1, -0.05) is 45.0 Å². The van der Waals surface area contributed by atoms with Crippen LogP contribution in [0.15, 0.2) is 24.3 Å². The first kappa shape index (κ1) is 13.1. The second-order valence-corrected chi connectivity index (χ2v) is 6.16. The van der Waals surface area contributed by atoms with Crippen LogP contribution in [0.4, 0.5) is 0 Å². The predicted octanol–water partition coefficient (Wildman–Crippen LogP) is 2.34. The Balaban J connectivity index is 2.16. The lowest BCUT2D eigenvalue weighted by molar-refractivity contribution is -0.143. The van der Waals surface area contributed by atoms with E-state index >= 15 is 0 Å². The summed E-state index contributed by atoms with van der Waals surface area (Å²) in [6.07, 6.45) is 0.675. The topological polar surface area (TPSA) is 52.3 Å². The molecule has 0 aliphatic heterocycles. The fraction of sp³-hybridized carbons (Fsp3) is 0.533. The fourth-order valence-electron chi connectivity index (χ4n) is 2.33. The second-order valence-electron chi connectivity index (χ2n) is 6.16. The summed E-state index contributed by atoms with van der Waals surface area (Å²) in [7, 11) is 1.38. The summed E-state index contributed by atoms with van der Waals surface area (Å²) in [5.74, 6) is -0.216. The number of carbonyl (C=O) groups excluding carboxylic acids is 1. The van der Waals surface area contributed by atoms with Crippen LogP contribution in [0.3, 0.4) is 0 Å². The molecule has 2 rings (SSSR count). The molecule has 1 aromatic carbocycles. The molecule has 3 heteroatoms. The van der Waals surface area contributed by atoms with Crippen molar-refractivity contribution in [3.63, 3.8) is 0 Å². The van der Waals surface area contributed by atoms with Gasteiger partial charge in [-0.05, 0) is 23.0 Å². The van der Waals surface area contributed by atoms with Gasteiger partial charge in [0, 0.05) is 5.92 Å². The number of carbonyl (C=O) groups is 1. The van der Waals surface area contributed by atoms with Gasteiger partial charge in [-0.15, -0.1) is 0 Å². The van der Waals surface area contributed by atoms with Crippen LogP contribution in [0.1, 0.15) is 44.2 Å². The van der Waals surface area contributed by atoms with E-state index in [4.69, 9.17) is 10.5 Å². The van der Waals surface area contributed by atoms with Crippen molar-refractivity contribution in [2.24, 2.45) is 5.73 Å². The van der Waals surface area contributed by atoms with Gasteiger partial charge in [-0.2, -0.15) is 0 Å². The molecule has 0 heterocycles. The molecule has 3 nitrogen and oxygen atoms in total. The Morgan fingerprint density at radius 1 is 1.33 bits per heavy atom. The summed E-state index contributed by atoms with van der Waals surface area (Å²) >= 11 is 0. The molecule has 1 aromatic rings. The lowest BCUT2D eigenvalue weighted by Gasteiger charge is -2.19. The van der Waals surface area contributed by atoms with Crippen LogP contribution >= 0.6 is 0 Å². The van der Waals surface area contributed by atoms with Crippen LogP contribution in [0.2, 0.25) is 0 Å². The van der Waals surface area contributed by atoms with Crippen molar-refractivity contribution >= 4 is 5.97 Å². The van der Waals surface area contributed by atoms with E-state index in [1.165, 1.54) is 12.7 Å². The standard InChI is InChI=1S/C15H21NO2/c1-14(2,3)11-7-5-10(6-8-11)12-9-15(12,16)13(17)18-4/h5-8,12H,9,16H2,1-4H3. The van der Waals surface area contributed by atoms with Crippen molar-refractivity contribution < 1.29 is 9.53 Å². The number of rotatable bonds is 2. The SMILES string of the molecule is COC(=O)C1(N)CC1c1ccc(C(C)(C)C)cc1. The summed E-state index contributed by atoms with van der Waals surface area (Å²) in [5, 5.41) is 0. The highest BCUT2D eigenvalue weighted by atomic mass is 16.5. The van der Waals surface area contributed by atoms with Gasteiger partial charge in [-0.3, -0.25) is 4.79 Å². The zero-order valence-electron chi connectivity index (χ0n) is 11.5. The van der Waals surface area contributed by atoms with Gasteiger partial charge in [0.1, 0.15) is 5.54 Å². The first-order valence-corrected chi connectivity index (χ1v) is 6.27. The van der Waals surface area contributed by atoms with Crippen molar-refractivity contribution in [3.8, 4) is 0 Å². The number of esters is 1. The van der Waals surface area contributed by atoms with E-state index in [9.17, 15) is 4.79 Å². The first-order valence-electron chi connectivity index (χ1n) is 6.27. The highest BCUT2D eigenvalue weighted by Gasteiger charge is 2.58. The van der Waals surface area contributed by atoms with Crippen LogP contribution in [0.25, 0.3) is 0 Å². The summed E-state index contributed by atoms with van der Waals surface area (Å²) in [6, 6.07) is 8.38. The van der Waals surface area contributed by atoms with Gasteiger partial charge < -0.3 is 10.5 Å². The maximum Gasteiger partial charge on any atom is 0.326 e. The Morgan fingerprint density at radius 2 is 1.89 bits per heavy atom. The molecule has 0 saturated heterocycles. The Labute approximate surface area is 108 Å². The minimum atomic E-state index is -0.808. The van der Waals surface area contributed by atoms with Gasteiger partial charge in [0.15, 0.2) is 0 Å². The lowest BCUT2D eigenvalue weighted by atomic mass is 9.86. The second kappa shape index (κ2) is 4.09. The molecule has 98 valence electrons. The van der Waals surface area contributed by atoms with Gasteiger partial charge in [0.05, 0.1) is 7.11 Å². The molecule has 0 spiro atoms. The van der Waals surface area contributed by atoms with Crippen LogP contribution in [0.5, 0.6) is 0 Å². The van der Waals surface area contributed by atoms with E-state index in [1.54, 1.807) is 0 Å². The molecular formula is C15H21NO2. The fourth-order valence-corrected chi connectivity index (χ4v) is 2.33. The quantitative estimate of drug-likeness (QED) is 0.816. The van der Waals surface area contributed by atoms with E-state index < -0.39 is 5.54 Å². The van der Waals surface area contributed by atoms with Crippen LogP contribution < -0.4 is 5.73 Å². The van der Waals surface area contributed by atoms with Crippen molar-refractivity contribution in [2.75, 3.05) is 7.11 Å². The molecule has 18 heavy (non-hydrogen) atoms. The number of benzene rings is 1. The van der Waals surface area contributed by atoms with Crippen molar-refractivity contribution in [1.29, 1.82) is 0 Å². The molecule has 1 fully saturated rings. The zero-order valence-corrected chi connectivity index (χ0v) is 11.5. The third-order valence-corrected chi connectivity index (χ3v) is 3.75. The van der Waals surface area contributed by atoms with Gasteiger partial charge in [0.2, 0.25) is 0 Å². The Morgan fingerprint density at radius 3 is 2.33 bits per heavy atom. The monoisotopic (exact) mass is 247 g/mol. The van der Waals surface area contributed by atoms with E-state index in [2.05, 4.69) is 45.0 Å². The molecule has 1 saturated carbocycles. The van der Waals surface area contributed by atoms with Crippen LogP contribution in [-0.2, 0) is 14.9 Å². The van der Waals surface area contributed by atoms with Gasteiger partial charge in [0.25, 0.3) is 0 Å². The minimum absolute atomic E-state index is 0.0963. The highest BCUT2D eigenvalue weighted by molar-refractivity contribution is 5.86. The number of ether oxygens (including phenoxy) is 1. The van der Waals surface area contributed by atoms with E-state index in [1.807, 2.05) is 0 Å². The first-order chi connectivity index (χ1) is 8.29. The molecular weight excluding hydrogens is 226 g/mol. The largest absolute Gasteiger partial charge is 0.468 e. The molecule has 2 unspecified atom stereocenters. The average Bonchev–Trinajstić information content (AvgIpc) is 3.01. The maximum atomic E-state index is 11.6. The number of nitrogens with two attached hydrogens (primary N) is 1. The smallest absolute Gasteiger partial charge is 0.326 e. The summed E-state index contributed by atoms with van der Waals surface area (Å²) in [4.78, 5) is 11.6. The Bertz CT molecular complexity index is 458. The van der Waals surface area contributed by atoms with Crippen molar-refractivity contribution in [1.82, 2.24) is 0 Å². The molecule has 0 aromatic heterocycles. The van der Waals surface area contributed by atoms with Crippen LogP contribution in [0, 0.1) is 0 Å². The van der Waals surface area contributed by atoms with E-state index in [0.717, 1.165) is 5.56 Å². The summed E-state index contributed by atoms with van der Waals surface area (Å²) in [5.41, 5.74) is 7.77. The summed E-state index contributed by atoms with van der Waals surface area (Å²) < 4.78 is 4.74. The van der Waals surface area contributed by atoms with E-state index in [0.29, 0.717) is 6.42 Å². The van der Waals surface area contributed by atoms with Gasteiger partial charge in [-0.25, -0.2) is 0 Å². The molecule has 0 amide bonds. The molecule has 2 N–H and O–H groups in total. The molecule has 0 bridgehead atoms. The lowest BCUT2D eigenvalue weighted by Crippen LogP contribution is -2.35. The van der Waals surface area contributed by atoms with Crippen LogP contribution in [-0.4, -0.2) is 18.6 Å². The number of hydrogen-bond donors (Lipinski definition) is 1. The molecule has 1 aliphatic rings. The predicted molar refractivity (Wildman–Crippen MR) is 71.4 cm³/mol. The third kappa shape index (κ3) is 2.15. The molecule has 2 atom stereocenters. The summed E-state index contributed by atoms with van der Waals surface area (Å²) in [6.45, 7) is 6.54. The number of hydrogen-bond acceptors (Lipinski definition) is 3. The van der Waals surface area contributed by atoms with Crippen molar-refractivity contribution in [2.45, 2.75) is 44.1 Å². The Kier molecular flexibility index (Phi) is 2.98. The van der Waals surface area contributed by atoms with Gasteiger partial charge >= 0.3 is 5.97 Å².